The van der Waals surface area contributed by atoms with Gasteiger partial charge in [0, 0.05) is 32.1 Å². The number of hydrogen-bond donors (Lipinski definition) is 1. The fourth-order valence-corrected chi connectivity index (χ4v) is 2.87. The number of rotatable bonds is 5. The Hall–Kier alpha value is -1.55. The summed E-state index contributed by atoms with van der Waals surface area (Å²) in [6, 6.07) is 8.36. The fraction of sp³-hybridized carbons (Fsp3) is 0.588. The zero-order chi connectivity index (χ0) is 15.4. The van der Waals surface area contributed by atoms with Gasteiger partial charge in [0.25, 0.3) is 0 Å². The number of carbonyl (C=O) groups excluding carboxylic acids is 1. The number of amides is 1. The maximum atomic E-state index is 12.7. The molecule has 2 unspecified atom stereocenters. The lowest BCUT2D eigenvalue weighted by Crippen LogP contribution is -2.44. The van der Waals surface area contributed by atoms with Crippen molar-refractivity contribution in [2.75, 3.05) is 29.9 Å². The first-order valence-electron chi connectivity index (χ1n) is 7.88. The zero-order valence-electron chi connectivity index (χ0n) is 13.4. The number of carbonyl (C=O) groups is 1. The first kappa shape index (κ1) is 15.8. The van der Waals surface area contributed by atoms with E-state index >= 15 is 0 Å². The molecule has 1 aromatic rings. The quantitative estimate of drug-likeness (QED) is 0.906. The van der Waals surface area contributed by atoms with Crippen molar-refractivity contribution in [2.45, 2.75) is 39.2 Å². The number of benzene rings is 1. The molecule has 1 aromatic carbocycles. The molecule has 0 spiro atoms. The van der Waals surface area contributed by atoms with Crippen molar-refractivity contribution in [1.29, 1.82) is 0 Å². The van der Waals surface area contributed by atoms with Gasteiger partial charge in [-0.05, 0) is 31.9 Å². The number of fused-ring (bicyclic) bond motifs is 1. The maximum absolute atomic E-state index is 12.7. The Morgan fingerprint density at radius 3 is 2.52 bits per heavy atom. The molecule has 21 heavy (non-hydrogen) atoms. The van der Waals surface area contributed by atoms with Crippen LogP contribution in [0.1, 0.15) is 33.1 Å². The maximum Gasteiger partial charge on any atom is 0.229 e. The van der Waals surface area contributed by atoms with Crippen LogP contribution in [0.5, 0.6) is 0 Å². The molecule has 1 aliphatic rings. The van der Waals surface area contributed by atoms with Crippen LogP contribution in [-0.4, -0.2) is 32.1 Å². The van der Waals surface area contributed by atoms with Crippen LogP contribution in [0.2, 0.25) is 0 Å². The predicted octanol–water partition coefficient (Wildman–Crippen LogP) is 2.62. The van der Waals surface area contributed by atoms with Gasteiger partial charge in [0.2, 0.25) is 5.91 Å². The Morgan fingerprint density at radius 2 is 1.86 bits per heavy atom. The molecule has 1 aliphatic heterocycles. The molecule has 2 N–H and O–H groups in total. The third-order valence-electron chi connectivity index (χ3n) is 4.23. The molecule has 0 radical (unpaired) electrons. The van der Waals surface area contributed by atoms with Crippen LogP contribution in [0.25, 0.3) is 0 Å². The van der Waals surface area contributed by atoms with E-state index in [1.807, 2.05) is 36.9 Å². The van der Waals surface area contributed by atoms with Crippen LogP contribution in [0.15, 0.2) is 24.3 Å². The summed E-state index contributed by atoms with van der Waals surface area (Å²) < 4.78 is 0. The van der Waals surface area contributed by atoms with E-state index in [0.717, 1.165) is 43.7 Å². The Kier molecular flexibility index (Phi) is 5.23. The van der Waals surface area contributed by atoms with Crippen molar-refractivity contribution in [3.8, 4) is 0 Å². The molecule has 0 saturated heterocycles. The topological polar surface area (TPSA) is 49.6 Å². The smallest absolute Gasteiger partial charge is 0.229 e. The molecule has 0 aliphatic carbocycles. The van der Waals surface area contributed by atoms with Gasteiger partial charge in [-0.3, -0.25) is 4.79 Å². The summed E-state index contributed by atoms with van der Waals surface area (Å²) in [5.74, 6) is 0.292. The van der Waals surface area contributed by atoms with Crippen LogP contribution in [-0.2, 0) is 4.79 Å². The average molecular weight is 289 g/mol. The Bertz CT molecular complexity index is 487. The van der Waals surface area contributed by atoms with E-state index in [0.29, 0.717) is 0 Å². The van der Waals surface area contributed by atoms with E-state index in [2.05, 4.69) is 18.0 Å². The average Bonchev–Trinajstić information content (AvgIpc) is 2.47. The minimum atomic E-state index is 0.0558. The summed E-state index contributed by atoms with van der Waals surface area (Å²) in [7, 11) is 2.08. The Labute approximate surface area is 127 Å². The van der Waals surface area contributed by atoms with Crippen LogP contribution >= 0.6 is 0 Å². The Balaban J connectivity index is 2.04. The summed E-state index contributed by atoms with van der Waals surface area (Å²) in [6.45, 7) is 5.70. The number of anilines is 2. The van der Waals surface area contributed by atoms with Gasteiger partial charge < -0.3 is 15.5 Å². The van der Waals surface area contributed by atoms with Gasteiger partial charge in [-0.1, -0.05) is 25.5 Å². The van der Waals surface area contributed by atoms with E-state index in [4.69, 9.17) is 5.73 Å². The standard InChI is InChI=1S/C17H27N3O/c1-13(7-6-8-14(2)18)17(21)20-12-11-19(3)15-9-4-5-10-16(15)20/h4-5,9-10,13-14H,6-8,11-12,18H2,1-3H3. The molecule has 1 heterocycles. The number of hydrogen-bond acceptors (Lipinski definition) is 3. The van der Waals surface area contributed by atoms with Crippen LogP contribution in [0.4, 0.5) is 11.4 Å². The van der Waals surface area contributed by atoms with Gasteiger partial charge in [0.05, 0.1) is 11.4 Å². The molecule has 116 valence electrons. The number of nitrogens with two attached hydrogens (primary N) is 1. The van der Waals surface area contributed by atoms with E-state index in [1.54, 1.807) is 0 Å². The molecule has 0 bridgehead atoms. The lowest BCUT2D eigenvalue weighted by Gasteiger charge is -2.36. The molecule has 2 rings (SSSR count). The third-order valence-corrected chi connectivity index (χ3v) is 4.23. The van der Waals surface area contributed by atoms with Gasteiger partial charge >= 0.3 is 0 Å². The molecular weight excluding hydrogens is 262 g/mol. The van der Waals surface area contributed by atoms with E-state index < -0.39 is 0 Å². The van der Waals surface area contributed by atoms with Gasteiger partial charge in [-0.15, -0.1) is 0 Å². The second-order valence-corrected chi connectivity index (χ2v) is 6.21. The molecule has 2 atom stereocenters. The second-order valence-electron chi connectivity index (χ2n) is 6.21. The molecule has 0 aromatic heterocycles. The highest BCUT2D eigenvalue weighted by Crippen LogP contribution is 2.33. The summed E-state index contributed by atoms with van der Waals surface area (Å²) in [4.78, 5) is 16.9. The minimum Gasteiger partial charge on any atom is -0.371 e. The molecular formula is C17H27N3O. The lowest BCUT2D eigenvalue weighted by molar-refractivity contribution is -0.122. The first-order chi connectivity index (χ1) is 10.0. The van der Waals surface area contributed by atoms with Crippen LogP contribution < -0.4 is 15.5 Å². The van der Waals surface area contributed by atoms with E-state index in [-0.39, 0.29) is 17.9 Å². The fourth-order valence-electron chi connectivity index (χ4n) is 2.87. The normalized spacial score (nSPS) is 17.3. The van der Waals surface area contributed by atoms with Gasteiger partial charge in [0.1, 0.15) is 0 Å². The monoisotopic (exact) mass is 289 g/mol. The minimum absolute atomic E-state index is 0.0558. The van der Waals surface area contributed by atoms with Crippen molar-refractivity contribution < 1.29 is 4.79 Å². The molecule has 1 amide bonds. The first-order valence-corrected chi connectivity index (χ1v) is 7.88. The number of nitrogens with zero attached hydrogens (tertiary/aromatic N) is 2. The number of para-hydroxylation sites is 2. The Morgan fingerprint density at radius 1 is 1.19 bits per heavy atom. The molecule has 4 heteroatoms. The van der Waals surface area contributed by atoms with Crippen molar-refractivity contribution in [1.82, 2.24) is 0 Å². The van der Waals surface area contributed by atoms with E-state index in [9.17, 15) is 4.79 Å². The summed E-state index contributed by atoms with van der Waals surface area (Å²) in [5.41, 5.74) is 7.95. The van der Waals surface area contributed by atoms with Gasteiger partial charge in [-0.2, -0.15) is 0 Å². The molecule has 0 fully saturated rings. The van der Waals surface area contributed by atoms with Gasteiger partial charge in [0.15, 0.2) is 0 Å². The summed E-state index contributed by atoms with van der Waals surface area (Å²) >= 11 is 0. The molecule has 0 saturated carbocycles. The van der Waals surface area contributed by atoms with Crippen LogP contribution in [0, 0.1) is 5.92 Å². The van der Waals surface area contributed by atoms with Crippen molar-refractivity contribution in [2.24, 2.45) is 11.7 Å². The van der Waals surface area contributed by atoms with E-state index in [1.165, 1.54) is 0 Å². The zero-order valence-corrected chi connectivity index (χ0v) is 13.4. The van der Waals surface area contributed by atoms with Crippen LogP contribution in [0.3, 0.4) is 0 Å². The van der Waals surface area contributed by atoms with Gasteiger partial charge in [-0.25, -0.2) is 0 Å². The largest absolute Gasteiger partial charge is 0.371 e. The highest BCUT2D eigenvalue weighted by Gasteiger charge is 2.27. The third kappa shape index (κ3) is 3.76. The molecule has 4 nitrogen and oxygen atoms in total. The SMILES string of the molecule is CC(N)CCCC(C)C(=O)N1CCN(C)c2ccccc21. The number of likely N-dealkylation sites (N-methyl/N-ethyl adjacent to an activating group) is 1. The van der Waals surface area contributed by atoms with Crippen molar-refractivity contribution in [3.63, 3.8) is 0 Å². The van der Waals surface area contributed by atoms with Crippen molar-refractivity contribution in [3.05, 3.63) is 24.3 Å². The lowest BCUT2D eigenvalue weighted by atomic mass is 9.99. The second kappa shape index (κ2) is 6.94. The predicted molar refractivity (Wildman–Crippen MR) is 88.7 cm³/mol. The highest BCUT2D eigenvalue weighted by molar-refractivity contribution is 5.98. The summed E-state index contributed by atoms with van der Waals surface area (Å²) in [6.07, 6.45) is 2.91. The van der Waals surface area contributed by atoms with Crippen molar-refractivity contribution >= 4 is 17.3 Å². The highest BCUT2D eigenvalue weighted by atomic mass is 16.2. The summed E-state index contributed by atoms with van der Waals surface area (Å²) in [5, 5.41) is 0.